The van der Waals surface area contributed by atoms with Gasteiger partial charge in [-0.2, -0.15) is 0 Å². The summed E-state index contributed by atoms with van der Waals surface area (Å²) >= 11 is 0. The normalized spacial score (nSPS) is 23.1. The third kappa shape index (κ3) is 6.64. The third-order valence-electron chi connectivity index (χ3n) is 4.64. The molecule has 0 amide bonds. The molecular weight excluding hydrogens is 264 g/mol. The van der Waals surface area contributed by atoms with Crippen molar-refractivity contribution >= 4 is 0 Å². The van der Waals surface area contributed by atoms with Crippen LogP contribution in [0.3, 0.4) is 0 Å². The monoisotopic (exact) mass is 300 g/mol. The van der Waals surface area contributed by atoms with Gasteiger partial charge in [0.15, 0.2) is 0 Å². The Hall–Kier alpha value is -0.160. The van der Waals surface area contributed by atoms with Gasteiger partial charge in [-0.25, -0.2) is 0 Å². The second-order valence-corrected chi connectivity index (χ2v) is 6.14. The summed E-state index contributed by atoms with van der Waals surface area (Å²) in [7, 11) is 1.79. The number of hydrogen-bond donors (Lipinski definition) is 1. The standard InChI is InChI=1S/C17H36N2O2/c1-5-9-18-17-8-11-21-14-15(17)13-19(10-12-20-4)16(6-2)7-3/h15-18H,5-14H2,1-4H3. The lowest BCUT2D eigenvalue weighted by Crippen LogP contribution is -2.50. The van der Waals surface area contributed by atoms with Crippen molar-refractivity contribution in [2.75, 3.05) is 46.6 Å². The Bertz CT molecular complexity index is 247. The number of ether oxygens (including phenoxy) is 2. The molecule has 4 nitrogen and oxygen atoms in total. The van der Waals surface area contributed by atoms with Gasteiger partial charge in [0.1, 0.15) is 0 Å². The van der Waals surface area contributed by atoms with Crippen molar-refractivity contribution < 1.29 is 9.47 Å². The summed E-state index contributed by atoms with van der Waals surface area (Å²) in [5.41, 5.74) is 0. The van der Waals surface area contributed by atoms with Gasteiger partial charge in [0.25, 0.3) is 0 Å². The largest absolute Gasteiger partial charge is 0.383 e. The van der Waals surface area contributed by atoms with Crippen molar-refractivity contribution in [3.63, 3.8) is 0 Å². The smallest absolute Gasteiger partial charge is 0.0589 e. The van der Waals surface area contributed by atoms with Gasteiger partial charge < -0.3 is 14.8 Å². The van der Waals surface area contributed by atoms with E-state index in [4.69, 9.17) is 9.47 Å². The van der Waals surface area contributed by atoms with Crippen molar-refractivity contribution in [3.05, 3.63) is 0 Å². The zero-order valence-corrected chi connectivity index (χ0v) is 14.6. The molecule has 1 N–H and O–H groups in total. The van der Waals surface area contributed by atoms with E-state index < -0.39 is 0 Å². The van der Waals surface area contributed by atoms with Gasteiger partial charge in [0, 0.05) is 44.8 Å². The Morgan fingerprint density at radius 1 is 1.29 bits per heavy atom. The van der Waals surface area contributed by atoms with Crippen molar-refractivity contribution in [1.29, 1.82) is 0 Å². The summed E-state index contributed by atoms with van der Waals surface area (Å²) in [6.45, 7) is 12.7. The van der Waals surface area contributed by atoms with Crippen LogP contribution in [0.15, 0.2) is 0 Å². The van der Waals surface area contributed by atoms with Crippen LogP contribution in [-0.4, -0.2) is 63.5 Å². The minimum absolute atomic E-state index is 0.600. The first-order valence-corrected chi connectivity index (χ1v) is 8.80. The summed E-state index contributed by atoms with van der Waals surface area (Å²) in [6.07, 6.45) is 4.76. The number of nitrogens with one attached hydrogen (secondary N) is 1. The molecule has 0 aromatic carbocycles. The van der Waals surface area contributed by atoms with Crippen molar-refractivity contribution in [2.45, 2.75) is 58.5 Å². The highest BCUT2D eigenvalue weighted by molar-refractivity contribution is 4.84. The summed E-state index contributed by atoms with van der Waals surface area (Å²) in [5.74, 6) is 0.600. The Balaban J connectivity index is 2.59. The second kappa shape index (κ2) is 11.4. The fourth-order valence-corrected chi connectivity index (χ4v) is 3.31. The van der Waals surface area contributed by atoms with Gasteiger partial charge in [-0.05, 0) is 32.2 Å². The van der Waals surface area contributed by atoms with Gasteiger partial charge in [0.2, 0.25) is 0 Å². The molecule has 0 aliphatic carbocycles. The maximum Gasteiger partial charge on any atom is 0.0589 e. The van der Waals surface area contributed by atoms with Gasteiger partial charge in [-0.3, -0.25) is 4.90 Å². The van der Waals surface area contributed by atoms with Crippen LogP contribution in [0.25, 0.3) is 0 Å². The maximum atomic E-state index is 5.75. The number of rotatable bonds is 11. The summed E-state index contributed by atoms with van der Waals surface area (Å²) in [4.78, 5) is 2.61. The number of hydrogen-bond acceptors (Lipinski definition) is 4. The van der Waals surface area contributed by atoms with E-state index in [0.717, 1.165) is 45.9 Å². The van der Waals surface area contributed by atoms with Crippen LogP contribution in [0, 0.1) is 5.92 Å². The summed E-state index contributed by atoms with van der Waals surface area (Å²) in [6, 6.07) is 1.27. The molecule has 0 bridgehead atoms. The molecule has 0 radical (unpaired) electrons. The van der Waals surface area contributed by atoms with Crippen LogP contribution >= 0.6 is 0 Å². The Kier molecular flexibility index (Phi) is 10.3. The van der Waals surface area contributed by atoms with E-state index in [0.29, 0.717) is 18.0 Å². The molecule has 0 spiro atoms. The zero-order valence-electron chi connectivity index (χ0n) is 14.6. The lowest BCUT2D eigenvalue weighted by molar-refractivity contribution is 0.00449. The molecule has 1 saturated heterocycles. The molecule has 1 rings (SSSR count). The molecule has 4 heteroatoms. The third-order valence-corrected chi connectivity index (χ3v) is 4.64. The predicted octanol–water partition coefficient (Wildman–Crippen LogP) is 2.53. The molecule has 1 aliphatic rings. The zero-order chi connectivity index (χ0) is 15.5. The average molecular weight is 300 g/mol. The first kappa shape index (κ1) is 18.9. The van der Waals surface area contributed by atoms with E-state index in [2.05, 4.69) is 31.0 Å². The highest BCUT2D eigenvalue weighted by Crippen LogP contribution is 2.19. The minimum Gasteiger partial charge on any atom is -0.383 e. The quantitative estimate of drug-likeness (QED) is 0.636. The molecule has 0 aromatic heterocycles. The SMILES string of the molecule is CCCNC1CCOCC1CN(CCOC)C(CC)CC. The van der Waals surface area contributed by atoms with Gasteiger partial charge in [0.05, 0.1) is 13.2 Å². The van der Waals surface area contributed by atoms with Crippen molar-refractivity contribution in [2.24, 2.45) is 5.92 Å². The lowest BCUT2D eigenvalue weighted by Gasteiger charge is -2.38. The van der Waals surface area contributed by atoms with Crippen LogP contribution in [-0.2, 0) is 9.47 Å². The van der Waals surface area contributed by atoms with E-state index >= 15 is 0 Å². The van der Waals surface area contributed by atoms with Crippen LogP contribution in [0.4, 0.5) is 0 Å². The summed E-state index contributed by atoms with van der Waals surface area (Å²) in [5, 5.41) is 3.72. The topological polar surface area (TPSA) is 33.7 Å². The van der Waals surface area contributed by atoms with Crippen LogP contribution in [0.2, 0.25) is 0 Å². The summed E-state index contributed by atoms with van der Waals surface area (Å²) < 4.78 is 11.1. The van der Waals surface area contributed by atoms with E-state index in [1.807, 2.05) is 0 Å². The molecule has 21 heavy (non-hydrogen) atoms. The minimum atomic E-state index is 0.600. The Morgan fingerprint density at radius 3 is 2.67 bits per heavy atom. The first-order chi connectivity index (χ1) is 10.3. The molecule has 1 heterocycles. The molecular formula is C17H36N2O2. The van der Waals surface area contributed by atoms with E-state index in [9.17, 15) is 0 Å². The lowest BCUT2D eigenvalue weighted by atomic mass is 9.94. The number of nitrogens with zero attached hydrogens (tertiary/aromatic N) is 1. The fourth-order valence-electron chi connectivity index (χ4n) is 3.31. The molecule has 2 atom stereocenters. The van der Waals surface area contributed by atoms with Gasteiger partial charge in [-0.1, -0.05) is 20.8 Å². The van der Waals surface area contributed by atoms with Crippen molar-refractivity contribution in [3.8, 4) is 0 Å². The predicted molar refractivity (Wildman–Crippen MR) is 88.8 cm³/mol. The highest BCUT2D eigenvalue weighted by atomic mass is 16.5. The van der Waals surface area contributed by atoms with E-state index in [1.54, 1.807) is 7.11 Å². The molecule has 0 saturated carbocycles. The molecule has 0 aromatic rings. The second-order valence-electron chi connectivity index (χ2n) is 6.14. The Morgan fingerprint density at radius 2 is 2.05 bits per heavy atom. The number of methoxy groups -OCH3 is 1. The fraction of sp³-hybridized carbons (Fsp3) is 1.00. The van der Waals surface area contributed by atoms with Crippen LogP contribution in [0.5, 0.6) is 0 Å². The molecule has 1 aliphatic heterocycles. The molecule has 2 unspecified atom stereocenters. The van der Waals surface area contributed by atoms with E-state index in [1.165, 1.54) is 19.3 Å². The maximum absolute atomic E-state index is 5.75. The molecule has 126 valence electrons. The highest BCUT2D eigenvalue weighted by Gasteiger charge is 2.28. The van der Waals surface area contributed by atoms with Crippen molar-refractivity contribution in [1.82, 2.24) is 10.2 Å². The first-order valence-electron chi connectivity index (χ1n) is 8.80. The molecule has 1 fully saturated rings. The van der Waals surface area contributed by atoms with Gasteiger partial charge >= 0.3 is 0 Å². The van der Waals surface area contributed by atoms with E-state index in [-0.39, 0.29) is 0 Å². The van der Waals surface area contributed by atoms with Gasteiger partial charge in [-0.15, -0.1) is 0 Å². The Labute approximate surface area is 131 Å². The van der Waals surface area contributed by atoms with Crippen LogP contribution in [0.1, 0.15) is 46.5 Å². The van der Waals surface area contributed by atoms with Crippen LogP contribution < -0.4 is 5.32 Å². The average Bonchev–Trinajstić information content (AvgIpc) is 2.52.